The van der Waals surface area contributed by atoms with Crippen molar-refractivity contribution in [2.75, 3.05) is 6.54 Å². The van der Waals surface area contributed by atoms with Crippen LogP contribution in [-0.2, 0) is 0 Å². The smallest absolute Gasteiger partial charge is 0.0357 e. The summed E-state index contributed by atoms with van der Waals surface area (Å²) >= 11 is 0. The predicted octanol–water partition coefficient (Wildman–Crippen LogP) is 9.00. The second kappa shape index (κ2) is 21.0. The van der Waals surface area contributed by atoms with Crippen molar-refractivity contribution in [3.8, 4) is 0 Å². The molecule has 0 aromatic rings. The Hall–Kier alpha value is -0.330. The first kappa shape index (κ1) is 25.7. The first-order valence-electron chi connectivity index (χ1n) is 12.2. The summed E-state index contributed by atoms with van der Waals surface area (Å²) in [6.07, 6.45) is 26.2. The Kier molecular flexibility index (Phi) is 20.7. The molecule has 156 valence electrons. The van der Waals surface area contributed by atoms with Gasteiger partial charge in [-0.2, -0.15) is 0 Å². The van der Waals surface area contributed by atoms with Gasteiger partial charge in [0, 0.05) is 6.54 Å². The van der Waals surface area contributed by atoms with Crippen LogP contribution in [-0.4, -0.2) is 12.8 Å². The maximum atomic E-state index is 4.41. The summed E-state index contributed by atoms with van der Waals surface area (Å²) < 4.78 is 0. The minimum Gasteiger partial charge on any atom is -0.298 e. The molecule has 0 rings (SSSR count). The highest BCUT2D eigenvalue weighted by Crippen LogP contribution is 2.28. The minimum absolute atomic E-state index is 0.898. The molecule has 1 nitrogen and oxygen atoms in total. The highest BCUT2D eigenvalue weighted by molar-refractivity contribution is 5.56. The Labute approximate surface area is 166 Å². The van der Waals surface area contributed by atoms with Crippen LogP contribution in [0.2, 0.25) is 0 Å². The lowest BCUT2D eigenvalue weighted by Crippen LogP contribution is -2.12. The molecule has 0 aliphatic heterocycles. The van der Waals surface area contributed by atoms with Crippen molar-refractivity contribution in [2.45, 2.75) is 137 Å². The van der Waals surface area contributed by atoms with Gasteiger partial charge in [0.2, 0.25) is 0 Å². The molecule has 0 spiro atoms. The zero-order chi connectivity index (χ0) is 19.3. The number of nitrogens with zero attached hydrogens (tertiary/aromatic N) is 1. The Morgan fingerprint density at radius 3 is 1.69 bits per heavy atom. The molecule has 0 aromatic heterocycles. The summed E-state index contributed by atoms with van der Waals surface area (Å²) in [7, 11) is 0. The highest BCUT2D eigenvalue weighted by Gasteiger charge is 2.16. The average molecular weight is 366 g/mol. The molecular formula is C25H51N. The van der Waals surface area contributed by atoms with Gasteiger partial charge in [0.1, 0.15) is 0 Å². The summed E-state index contributed by atoms with van der Waals surface area (Å²) in [5.41, 5.74) is 0. The van der Waals surface area contributed by atoms with Crippen LogP contribution in [0.3, 0.4) is 0 Å². The van der Waals surface area contributed by atoms with E-state index in [2.05, 4.69) is 38.9 Å². The van der Waals surface area contributed by atoms with E-state index in [0.29, 0.717) is 0 Å². The number of aliphatic imine (C=N–C) groups is 1. The topological polar surface area (TPSA) is 12.4 Å². The highest BCUT2D eigenvalue weighted by atomic mass is 14.7. The van der Waals surface area contributed by atoms with Gasteiger partial charge in [0.05, 0.1) is 0 Å². The van der Waals surface area contributed by atoms with E-state index in [0.717, 1.165) is 18.4 Å². The van der Waals surface area contributed by atoms with E-state index in [9.17, 15) is 0 Å². The van der Waals surface area contributed by atoms with Crippen LogP contribution >= 0.6 is 0 Å². The molecule has 1 heteroatoms. The zero-order valence-electron chi connectivity index (χ0n) is 18.9. The number of hydrogen-bond acceptors (Lipinski definition) is 1. The standard InChI is InChI=1S/C25H51N/c1-5-8-10-11-12-13-14-15-16-18-21-25(22-19-23-26-7-3)24(4)20-17-9-6-2/h23-25H,5-22H2,1-4H3. The van der Waals surface area contributed by atoms with Crippen molar-refractivity contribution in [3.63, 3.8) is 0 Å². The third-order valence-corrected chi connectivity index (χ3v) is 5.97. The predicted molar refractivity (Wildman–Crippen MR) is 122 cm³/mol. The van der Waals surface area contributed by atoms with Gasteiger partial charge in [0.15, 0.2) is 0 Å². The first-order valence-corrected chi connectivity index (χ1v) is 12.2. The molecule has 0 radical (unpaired) electrons. The molecule has 0 saturated carbocycles. The molecule has 0 heterocycles. The molecule has 0 saturated heterocycles. The van der Waals surface area contributed by atoms with Gasteiger partial charge in [-0.1, -0.05) is 117 Å². The normalized spacial score (nSPS) is 14.2. The molecule has 0 bridgehead atoms. The Balaban J connectivity index is 3.85. The van der Waals surface area contributed by atoms with Crippen LogP contribution in [0.1, 0.15) is 137 Å². The monoisotopic (exact) mass is 365 g/mol. The Morgan fingerprint density at radius 2 is 1.12 bits per heavy atom. The molecule has 0 aromatic carbocycles. The molecule has 2 atom stereocenters. The van der Waals surface area contributed by atoms with Crippen molar-refractivity contribution in [2.24, 2.45) is 16.8 Å². The van der Waals surface area contributed by atoms with E-state index >= 15 is 0 Å². The molecular weight excluding hydrogens is 314 g/mol. The first-order chi connectivity index (χ1) is 12.8. The third kappa shape index (κ3) is 17.1. The molecule has 26 heavy (non-hydrogen) atoms. The quantitative estimate of drug-likeness (QED) is 0.151. The lowest BCUT2D eigenvalue weighted by molar-refractivity contribution is 0.287. The second-order valence-corrected chi connectivity index (χ2v) is 8.46. The van der Waals surface area contributed by atoms with Crippen LogP contribution in [0.4, 0.5) is 0 Å². The van der Waals surface area contributed by atoms with Gasteiger partial charge in [-0.3, -0.25) is 4.99 Å². The maximum absolute atomic E-state index is 4.41. The van der Waals surface area contributed by atoms with Gasteiger partial charge in [-0.15, -0.1) is 0 Å². The van der Waals surface area contributed by atoms with Crippen molar-refractivity contribution in [1.29, 1.82) is 0 Å². The van der Waals surface area contributed by atoms with Crippen molar-refractivity contribution >= 4 is 6.21 Å². The summed E-state index contributed by atoms with van der Waals surface area (Å²) in [5.74, 6) is 1.82. The molecule has 0 aliphatic carbocycles. The molecule has 0 N–H and O–H groups in total. The summed E-state index contributed by atoms with van der Waals surface area (Å²) in [6, 6.07) is 0. The van der Waals surface area contributed by atoms with Crippen LogP contribution < -0.4 is 0 Å². The van der Waals surface area contributed by atoms with Crippen molar-refractivity contribution < 1.29 is 0 Å². The number of rotatable bonds is 20. The summed E-state index contributed by atoms with van der Waals surface area (Å²) in [6.45, 7) is 10.2. The van der Waals surface area contributed by atoms with Gasteiger partial charge < -0.3 is 0 Å². The van der Waals surface area contributed by atoms with Crippen molar-refractivity contribution in [3.05, 3.63) is 0 Å². The molecule has 0 fully saturated rings. The Bertz CT molecular complexity index is 284. The fourth-order valence-electron chi connectivity index (χ4n) is 4.07. The van der Waals surface area contributed by atoms with Crippen molar-refractivity contribution in [1.82, 2.24) is 0 Å². The number of unbranched alkanes of at least 4 members (excludes halogenated alkanes) is 11. The van der Waals surface area contributed by atoms with Crippen LogP contribution in [0.15, 0.2) is 4.99 Å². The van der Waals surface area contributed by atoms with Gasteiger partial charge >= 0.3 is 0 Å². The summed E-state index contributed by atoms with van der Waals surface area (Å²) in [5, 5.41) is 0. The lowest BCUT2D eigenvalue weighted by atomic mass is 9.82. The summed E-state index contributed by atoms with van der Waals surface area (Å²) in [4.78, 5) is 4.41. The van der Waals surface area contributed by atoms with Gasteiger partial charge in [-0.05, 0) is 37.8 Å². The molecule has 0 aliphatic rings. The SMILES string of the molecule is CCCCCCCCCCCCC(CCC=NCC)C(C)CCCCC. The minimum atomic E-state index is 0.898. The number of hydrogen-bond donors (Lipinski definition) is 0. The van der Waals surface area contributed by atoms with Crippen LogP contribution in [0.25, 0.3) is 0 Å². The van der Waals surface area contributed by atoms with Crippen LogP contribution in [0.5, 0.6) is 0 Å². The molecule has 0 amide bonds. The average Bonchev–Trinajstić information content (AvgIpc) is 2.65. The van der Waals surface area contributed by atoms with Crippen LogP contribution in [0, 0.1) is 11.8 Å². The largest absolute Gasteiger partial charge is 0.298 e. The van der Waals surface area contributed by atoms with E-state index in [1.54, 1.807) is 0 Å². The Morgan fingerprint density at radius 1 is 0.615 bits per heavy atom. The second-order valence-electron chi connectivity index (χ2n) is 8.46. The third-order valence-electron chi connectivity index (χ3n) is 5.97. The maximum Gasteiger partial charge on any atom is 0.0357 e. The van der Waals surface area contributed by atoms with Gasteiger partial charge in [-0.25, -0.2) is 0 Å². The van der Waals surface area contributed by atoms with E-state index < -0.39 is 0 Å². The van der Waals surface area contributed by atoms with Gasteiger partial charge in [0.25, 0.3) is 0 Å². The lowest BCUT2D eigenvalue weighted by Gasteiger charge is -2.24. The van der Waals surface area contributed by atoms with E-state index in [-0.39, 0.29) is 0 Å². The van der Waals surface area contributed by atoms with E-state index in [1.165, 1.54) is 109 Å². The zero-order valence-corrected chi connectivity index (χ0v) is 18.9. The van der Waals surface area contributed by atoms with E-state index in [4.69, 9.17) is 0 Å². The fraction of sp³-hybridized carbons (Fsp3) is 0.960. The van der Waals surface area contributed by atoms with E-state index in [1.807, 2.05) is 0 Å². The molecule has 2 unspecified atom stereocenters. The fourth-order valence-corrected chi connectivity index (χ4v) is 4.07.